The highest BCUT2D eigenvalue weighted by Gasteiger charge is 2.38. The zero-order valence-electron chi connectivity index (χ0n) is 28.5. The Morgan fingerprint density at radius 3 is 2.32 bits per heavy atom. The van der Waals surface area contributed by atoms with Gasteiger partial charge < -0.3 is 38.4 Å². The molecule has 2 heterocycles. The van der Waals surface area contributed by atoms with Crippen molar-refractivity contribution in [2.75, 3.05) is 11.3 Å². The number of benzene rings is 3. The van der Waals surface area contributed by atoms with Crippen LogP contribution >= 0.6 is 0 Å². The van der Waals surface area contributed by atoms with Gasteiger partial charge in [-0.15, -0.1) is 0 Å². The summed E-state index contributed by atoms with van der Waals surface area (Å²) in [6.07, 6.45) is -4.21. The molecule has 53 heavy (non-hydrogen) atoms. The van der Waals surface area contributed by atoms with Crippen LogP contribution in [0.3, 0.4) is 0 Å². The molecule has 3 aromatic carbocycles. The number of aliphatic hydroxyl groups excluding tert-OH is 1. The molecule has 0 aliphatic heterocycles. The van der Waals surface area contributed by atoms with Gasteiger partial charge >= 0.3 is 24.1 Å². The van der Waals surface area contributed by atoms with Crippen LogP contribution in [-0.2, 0) is 32.7 Å². The summed E-state index contributed by atoms with van der Waals surface area (Å²) < 4.78 is 81.6. The number of aliphatic hydroxyl groups is 1. The van der Waals surface area contributed by atoms with E-state index in [9.17, 15) is 36.3 Å². The predicted octanol–water partition coefficient (Wildman–Crippen LogP) is 6.14. The second-order valence-electron chi connectivity index (χ2n) is 12.2. The molecule has 0 unspecified atom stereocenters. The Kier molecular flexibility index (Phi) is 12.8. The van der Waals surface area contributed by atoms with Gasteiger partial charge in [-0.05, 0) is 81.3 Å². The highest BCUT2D eigenvalue weighted by Crippen LogP contribution is 2.25. The number of aryl methyl sites for hydroxylation is 2. The van der Waals surface area contributed by atoms with E-state index in [1.807, 2.05) is 32.2 Å². The fourth-order valence-corrected chi connectivity index (χ4v) is 5.87. The van der Waals surface area contributed by atoms with Gasteiger partial charge in [-0.2, -0.15) is 13.2 Å². The van der Waals surface area contributed by atoms with Crippen LogP contribution in [0.2, 0.25) is 0 Å². The fourth-order valence-electron chi connectivity index (χ4n) is 4.80. The molecule has 5 rings (SSSR count). The molecule has 0 fully saturated rings. The standard InChI is InChI=1S/C33H35N3O9S.C2HF3O2/c1-22-30(45-32(39)43-22)21-42-31(38)44-26-12-13-28-23(19-26)14-16-36(28)17-15-33(2,3)34-20-29(37)24-8-7-9-25(18-24)35-46(40,41)27-10-5-4-6-11-27;3-2(4,5)1(6)7/h4-14,16,18-19,29,34-35,37H,15,17,20-21H2,1-3H3;(H,6,7)/t29-;/m0./s1. The molecular weight excluding hydrogens is 727 g/mol. The smallest absolute Gasteiger partial charge is 0.475 e. The van der Waals surface area contributed by atoms with Crippen molar-refractivity contribution in [1.29, 1.82) is 0 Å². The highest BCUT2D eigenvalue weighted by atomic mass is 32.2. The number of hydrogen-bond donors (Lipinski definition) is 4. The molecule has 284 valence electrons. The van der Waals surface area contributed by atoms with Gasteiger partial charge in [0, 0.05) is 41.4 Å². The number of nitrogens with zero attached hydrogens (tertiary/aromatic N) is 1. The summed E-state index contributed by atoms with van der Waals surface area (Å²) in [6.45, 7) is 6.26. The van der Waals surface area contributed by atoms with Gasteiger partial charge in [0.15, 0.2) is 18.1 Å². The minimum Gasteiger partial charge on any atom is -0.475 e. The predicted molar refractivity (Wildman–Crippen MR) is 184 cm³/mol. The molecule has 14 nitrogen and oxygen atoms in total. The average Bonchev–Trinajstić information content (AvgIpc) is 3.66. The Morgan fingerprint density at radius 1 is 0.981 bits per heavy atom. The maximum atomic E-state index is 12.7. The van der Waals surface area contributed by atoms with Crippen molar-refractivity contribution in [1.82, 2.24) is 9.88 Å². The van der Waals surface area contributed by atoms with E-state index in [0.717, 1.165) is 17.3 Å². The lowest BCUT2D eigenvalue weighted by Gasteiger charge is -2.28. The van der Waals surface area contributed by atoms with E-state index in [1.54, 1.807) is 54.6 Å². The minimum absolute atomic E-state index is 0.111. The Balaban J connectivity index is 0.000000815. The molecule has 2 aromatic heterocycles. The number of carboxylic acids is 1. The van der Waals surface area contributed by atoms with Crippen LogP contribution in [-0.4, -0.2) is 53.6 Å². The van der Waals surface area contributed by atoms with E-state index < -0.39 is 40.3 Å². The Morgan fingerprint density at radius 2 is 1.68 bits per heavy atom. The summed E-state index contributed by atoms with van der Waals surface area (Å²) in [7, 11) is -3.75. The monoisotopic (exact) mass is 763 g/mol. The molecule has 0 bridgehead atoms. The minimum atomic E-state index is -5.08. The van der Waals surface area contributed by atoms with E-state index >= 15 is 0 Å². The average molecular weight is 764 g/mol. The van der Waals surface area contributed by atoms with E-state index in [2.05, 4.69) is 14.6 Å². The van der Waals surface area contributed by atoms with Gasteiger partial charge in [-0.1, -0.05) is 30.3 Å². The third-order valence-corrected chi connectivity index (χ3v) is 9.07. The van der Waals surface area contributed by atoms with Gasteiger partial charge in [0.25, 0.3) is 10.0 Å². The molecule has 0 aliphatic rings. The van der Waals surface area contributed by atoms with Crippen LogP contribution in [0, 0.1) is 6.92 Å². The number of carboxylic acid groups (broad SMARTS) is 1. The molecule has 4 N–H and O–H groups in total. The number of aliphatic carboxylic acids is 1. The van der Waals surface area contributed by atoms with E-state index in [0.29, 0.717) is 23.5 Å². The largest absolute Gasteiger partial charge is 0.519 e. The summed E-state index contributed by atoms with van der Waals surface area (Å²) in [6, 6.07) is 22.0. The Hall–Kier alpha value is -5.59. The molecule has 18 heteroatoms. The number of β-amino-alcohol motifs (C(OH)–C–C–N with tert-alkyl or cyclic N) is 1. The molecule has 0 saturated carbocycles. The SMILES string of the molecule is Cc1oc(=O)oc1COC(=O)Oc1ccc2c(ccn2CCC(C)(C)NC[C@H](O)c2cccc(NS(=O)(=O)c3ccccc3)c2)c1.O=C(O)C(F)(F)F. The van der Waals surface area contributed by atoms with Crippen LogP contribution in [0.4, 0.5) is 23.7 Å². The number of alkyl halides is 3. The van der Waals surface area contributed by atoms with Crippen LogP contribution in [0.15, 0.2) is 104 Å². The maximum absolute atomic E-state index is 12.7. The number of ether oxygens (including phenoxy) is 2. The number of halogens is 3. The first kappa shape index (κ1) is 40.2. The number of fused-ring (bicyclic) bond motifs is 1. The first-order valence-electron chi connectivity index (χ1n) is 15.8. The summed E-state index contributed by atoms with van der Waals surface area (Å²) >= 11 is 0. The molecular formula is C35H36F3N3O11S. The quantitative estimate of drug-likeness (QED) is 0.0791. The Labute approximate surface area is 300 Å². The molecule has 0 saturated heterocycles. The second-order valence-corrected chi connectivity index (χ2v) is 13.9. The first-order valence-corrected chi connectivity index (χ1v) is 17.3. The third-order valence-electron chi connectivity index (χ3n) is 7.67. The number of nitrogens with one attached hydrogen (secondary N) is 2. The highest BCUT2D eigenvalue weighted by molar-refractivity contribution is 7.92. The number of hydrogen-bond acceptors (Lipinski definition) is 11. The van der Waals surface area contributed by atoms with Crippen LogP contribution in [0.1, 0.15) is 43.5 Å². The summed E-state index contributed by atoms with van der Waals surface area (Å²) in [4.78, 5) is 32.3. The normalized spacial score (nSPS) is 12.4. The number of sulfonamides is 1. The molecule has 0 radical (unpaired) electrons. The summed E-state index contributed by atoms with van der Waals surface area (Å²) in [5.74, 6) is -2.99. The zero-order chi connectivity index (χ0) is 39.0. The van der Waals surface area contributed by atoms with E-state index in [-0.39, 0.29) is 35.1 Å². The number of carbonyl (C=O) groups excluding carboxylic acids is 1. The van der Waals surface area contributed by atoms with Gasteiger partial charge in [-0.25, -0.2) is 22.8 Å². The molecule has 1 atom stereocenters. The topological polar surface area (TPSA) is 200 Å². The second kappa shape index (κ2) is 16.8. The van der Waals surface area contributed by atoms with Crippen molar-refractivity contribution >= 4 is 38.7 Å². The lowest BCUT2D eigenvalue weighted by molar-refractivity contribution is -0.192. The van der Waals surface area contributed by atoms with Crippen molar-refractivity contribution in [2.45, 2.75) is 63.1 Å². The van der Waals surface area contributed by atoms with Gasteiger partial charge in [0.05, 0.1) is 11.0 Å². The summed E-state index contributed by atoms with van der Waals surface area (Å²) in [5.41, 5.74) is 1.55. The maximum Gasteiger partial charge on any atom is 0.519 e. The lowest BCUT2D eigenvalue weighted by Crippen LogP contribution is -2.42. The van der Waals surface area contributed by atoms with Crippen molar-refractivity contribution in [2.24, 2.45) is 0 Å². The number of carbonyl (C=O) groups is 2. The molecule has 5 aromatic rings. The number of rotatable bonds is 13. The van der Waals surface area contributed by atoms with E-state index in [1.165, 1.54) is 19.1 Å². The van der Waals surface area contributed by atoms with Crippen molar-refractivity contribution in [3.63, 3.8) is 0 Å². The fraction of sp³-hybridized carbons (Fsp3) is 0.286. The zero-order valence-corrected chi connectivity index (χ0v) is 29.4. The molecule has 0 amide bonds. The van der Waals surface area contributed by atoms with Crippen molar-refractivity contribution in [3.05, 3.63) is 113 Å². The van der Waals surface area contributed by atoms with Crippen LogP contribution < -0.4 is 20.6 Å². The third kappa shape index (κ3) is 11.7. The van der Waals surface area contributed by atoms with Crippen LogP contribution in [0.5, 0.6) is 5.75 Å². The first-order chi connectivity index (χ1) is 24.8. The summed E-state index contributed by atoms with van der Waals surface area (Å²) in [5, 5.41) is 22.3. The van der Waals surface area contributed by atoms with Gasteiger partial charge in [-0.3, -0.25) is 4.72 Å². The number of aromatic nitrogens is 1. The van der Waals surface area contributed by atoms with E-state index in [4.69, 9.17) is 28.2 Å². The van der Waals surface area contributed by atoms with Crippen molar-refractivity contribution in [3.8, 4) is 5.75 Å². The van der Waals surface area contributed by atoms with Crippen molar-refractivity contribution < 1.29 is 59.7 Å². The molecule has 0 spiro atoms. The Bertz CT molecular complexity index is 2190. The molecule has 0 aliphatic carbocycles. The number of anilines is 1. The van der Waals surface area contributed by atoms with Crippen LogP contribution in [0.25, 0.3) is 10.9 Å². The lowest BCUT2D eigenvalue weighted by atomic mass is 9.99. The van der Waals surface area contributed by atoms with Gasteiger partial charge in [0.2, 0.25) is 0 Å². The van der Waals surface area contributed by atoms with Gasteiger partial charge in [0.1, 0.15) is 5.75 Å².